The second-order valence-electron chi connectivity index (χ2n) is 6.12. The van der Waals surface area contributed by atoms with Crippen LogP contribution < -0.4 is 5.32 Å². The molecular weight excluding hydrogens is 246 g/mol. The van der Waals surface area contributed by atoms with E-state index in [-0.39, 0.29) is 5.91 Å². The van der Waals surface area contributed by atoms with Crippen LogP contribution in [0.4, 0.5) is 0 Å². The molecule has 0 bridgehead atoms. The van der Waals surface area contributed by atoms with Crippen LogP contribution in [0.25, 0.3) is 0 Å². The predicted octanol–water partition coefficient (Wildman–Crippen LogP) is 3.87. The molecule has 0 saturated heterocycles. The summed E-state index contributed by atoms with van der Waals surface area (Å²) >= 11 is 6.07. The Morgan fingerprint density at radius 2 is 1.83 bits per heavy atom. The Morgan fingerprint density at radius 3 is 2.50 bits per heavy atom. The lowest BCUT2D eigenvalue weighted by Gasteiger charge is -2.21. The van der Waals surface area contributed by atoms with Crippen molar-refractivity contribution in [1.29, 1.82) is 0 Å². The van der Waals surface area contributed by atoms with Gasteiger partial charge in [-0.15, -0.1) is 11.6 Å². The summed E-state index contributed by atoms with van der Waals surface area (Å²) in [4.78, 5) is 11.8. The molecule has 2 aliphatic rings. The fraction of sp³-hybridized carbons (Fsp3) is 0.933. The molecule has 0 heterocycles. The molecular formula is C15H26ClNO. The molecule has 0 aromatic rings. The summed E-state index contributed by atoms with van der Waals surface area (Å²) in [5.41, 5.74) is 0. The minimum Gasteiger partial charge on any atom is -0.356 e. The summed E-state index contributed by atoms with van der Waals surface area (Å²) in [6.45, 7) is 0.840. The Balaban J connectivity index is 1.54. The van der Waals surface area contributed by atoms with E-state index < -0.39 is 0 Å². The van der Waals surface area contributed by atoms with Crippen LogP contribution >= 0.6 is 11.6 Å². The molecule has 0 spiro atoms. The first-order valence-corrected chi connectivity index (χ1v) is 8.08. The number of rotatable bonds is 5. The van der Waals surface area contributed by atoms with Crippen molar-refractivity contribution >= 4 is 17.5 Å². The average molecular weight is 272 g/mol. The Labute approximate surface area is 116 Å². The number of hydrogen-bond acceptors (Lipinski definition) is 1. The molecule has 2 unspecified atom stereocenters. The maximum atomic E-state index is 11.8. The largest absolute Gasteiger partial charge is 0.356 e. The van der Waals surface area contributed by atoms with Crippen LogP contribution in [0.5, 0.6) is 0 Å². The van der Waals surface area contributed by atoms with Crippen molar-refractivity contribution in [2.45, 2.75) is 69.6 Å². The van der Waals surface area contributed by atoms with Crippen LogP contribution in [0.1, 0.15) is 64.2 Å². The van der Waals surface area contributed by atoms with Gasteiger partial charge < -0.3 is 5.32 Å². The van der Waals surface area contributed by atoms with Crippen LogP contribution in [0.15, 0.2) is 0 Å². The number of alkyl halides is 1. The average Bonchev–Trinajstić information content (AvgIpc) is 2.81. The molecule has 104 valence electrons. The number of carbonyl (C=O) groups excluding carboxylic acids is 1. The van der Waals surface area contributed by atoms with E-state index in [2.05, 4.69) is 5.32 Å². The van der Waals surface area contributed by atoms with E-state index in [0.29, 0.717) is 11.3 Å². The number of halogens is 1. The molecule has 0 aromatic heterocycles. The zero-order chi connectivity index (χ0) is 12.8. The SMILES string of the molecule is O=C(CCC1CCCCC1)NCC1CCC(Cl)C1. The van der Waals surface area contributed by atoms with E-state index in [0.717, 1.165) is 38.1 Å². The molecule has 2 atom stereocenters. The van der Waals surface area contributed by atoms with Crippen molar-refractivity contribution in [3.63, 3.8) is 0 Å². The van der Waals surface area contributed by atoms with E-state index in [1.807, 2.05) is 0 Å². The first-order valence-electron chi connectivity index (χ1n) is 7.65. The van der Waals surface area contributed by atoms with Gasteiger partial charge in [-0.25, -0.2) is 0 Å². The highest BCUT2D eigenvalue weighted by Crippen LogP contribution is 2.29. The first-order chi connectivity index (χ1) is 8.74. The third kappa shape index (κ3) is 4.79. The second kappa shape index (κ2) is 7.37. The summed E-state index contributed by atoms with van der Waals surface area (Å²) in [7, 11) is 0. The summed E-state index contributed by atoms with van der Waals surface area (Å²) in [6, 6.07) is 0. The van der Waals surface area contributed by atoms with Gasteiger partial charge in [0.05, 0.1) is 0 Å². The first kappa shape index (κ1) is 14.2. The number of hydrogen-bond donors (Lipinski definition) is 1. The van der Waals surface area contributed by atoms with Crippen molar-refractivity contribution in [2.24, 2.45) is 11.8 Å². The fourth-order valence-electron chi connectivity index (χ4n) is 3.36. The van der Waals surface area contributed by atoms with Crippen LogP contribution in [-0.2, 0) is 4.79 Å². The highest BCUT2D eigenvalue weighted by molar-refractivity contribution is 6.20. The smallest absolute Gasteiger partial charge is 0.220 e. The molecule has 2 aliphatic carbocycles. The van der Waals surface area contributed by atoms with E-state index >= 15 is 0 Å². The lowest BCUT2D eigenvalue weighted by Crippen LogP contribution is -2.28. The standard InChI is InChI=1S/C15H26ClNO/c16-14-8-6-13(10-14)11-17-15(18)9-7-12-4-2-1-3-5-12/h12-14H,1-11H2,(H,17,18). The van der Waals surface area contributed by atoms with E-state index in [9.17, 15) is 4.79 Å². The van der Waals surface area contributed by atoms with Crippen molar-refractivity contribution in [3.05, 3.63) is 0 Å². The molecule has 2 rings (SSSR count). The number of carbonyl (C=O) groups is 1. The van der Waals surface area contributed by atoms with Gasteiger partial charge in [0.25, 0.3) is 0 Å². The summed E-state index contributed by atoms with van der Waals surface area (Å²) in [5.74, 6) is 1.67. The molecule has 2 fully saturated rings. The molecule has 1 N–H and O–H groups in total. The van der Waals surface area contributed by atoms with Gasteiger partial charge in [-0.2, -0.15) is 0 Å². The molecule has 18 heavy (non-hydrogen) atoms. The normalized spacial score (nSPS) is 29.4. The number of amides is 1. The Bertz CT molecular complexity index is 252. The van der Waals surface area contributed by atoms with Crippen molar-refractivity contribution in [3.8, 4) is 0 Å². The quantitative estimate of drug-likeness (QED) is 0.756. The molecule has 0 aliphatic heterocycles. The van der Waals surface area contributed by atoms with Gasteiger partial charge in [0.15, 0.2) is 0 Å². The monoisotopic (exact) mass is 271 g/mol. The molecule has 2 nitrogen and oxygen atoms in total. The third-order valence-electron chi connectivity index (χ3n) is 4.57. The summed E-state index contributed by atoms with van der Waals surface area (Å²) in [5, 5.41) is 3.43. The Kier molecular flexibility index (Phi) is 5.81. The topological polar surface area (TPSA) is 29.1 Å². The van der Waals surface area contributed by atoms with Gasteiger partial charge in [-0.3, -0.25) is 4.79 Å². The highest BCUT2D eigenvalue weighted by Gasteiger charge is 2.23. The van der Waals surface area contributed by atoms with Gasteiger partial charge in [0.2, 0.25) is 5.91 Å². The molecule has 0 aromatic carbocycles. The van der Waals surface area contributed by atoms with Gasteiger partial charge in [-0.05, 0) is 37.5 Å². The molecule has 2 saturated carbocycles. The summed E-state index contributed by atoms with van der Waals surface area (Å²) < 4.78 is 0. The Hall–Kier alpha value is -0.240. The minimum absolute atomic E-state index is 0.249. The lowest BCUT2D eigenvalue weighted by molar-refractivity contribution is -0.121. The van der Waals surface area contributed by atoms with Gasteiger partial charge >= 0.3 is 0 Å². The molecule has 1 amide bonds. The summed E-state index contributed by atoms with van der Waals surface area (Å²) in [6.07, 6.45) is 12.0. The highest BCUT2D eigenvalue weighted by atomic mass is 35.5. The van der Waals surface area contributed by atoms with Crippen LogP contribution in [0.2, 0.25) is 0 Å². The fourth-order valence-corrected chi connectivity index (χ4v) is 3.73. The molecule has 0 radical (unpaired) electrons. The van der Waals surface area contributed by atoms with Gasteiger partial charge in [0, 0.05) is 18.3 Å². The second-order valence-corrected chi connectivity index (χ2v) is 6.74. The minimum atomic E-state index is 0.249. The predicted molar refractivity (Wildman–Crippen MR) is 75.8 cm³/mol. The van der Waals surface area contributed by atoms with Crippen LogP contribution in [0, 0.1) is 11.8 Å². The number of nitrogens with one attached hydrogen (secondary N) is 1. The van der Waals surface area contributed by atoms with Gasteiger partial charge in [0.1, 0.15) is 0 Å². The lowest BCUT2D eigenvalue weighted by atomic mass is 9.86. The van der Waals surface area contributed by atoms with Crippen LogP contribution in [0.3, 0.4) is 0 Å². The Morgan fingerprint density at radius 1 is 1.06 bits per heavy atom. The van der Waals surface area contributed by atoms with E-state index in [1.165, 1.54) is 38.5 Å². The van der Waals surface area contributed by atoms with E-state index in [1.54, 1.807) is 0 Å². The maximum Gasteiger partial charge on any atom is 0.220 e. The zero-order valence-electron chi connectivity index (χ0n) is 11.3. The molecule has 3 heteroatoms. The third-order valence-corrected chi connectivity index (χ3v) is 4.97. The zero-order valence-corrected chi connectivity index (χ0v) is 12.1. The van der Waals surface area contributed by atoms with E-state index in [4.69, 9.17) is 11.6 Å². The van der Waals surface area contributed by atoms with Crippen LogP contribution in [-0.4, -0.2) is 17.8 Å². The maximum absolute atomic E-state index is 11.8. The van der Waals surface area contributed by atoms with Crippen molar-refractivity contribution in [2.75, 3.05) is 6.54 Å². The van der Waals surface area contributed by atoms with Gasteiger partial charge in [-0.1, -0.05) is 32.1 Å². The van der Waals surface area contributed by atoms with Crippen molar-refractivity contribution < 1.29 is 4.79 Å². The van der Waals surface area contributed by atoms with Crippen molar-refractivity contribution in [1.82, 2.24) is 5.32 Å².